The summed E-state index contributed by atoms with van der Waals surface area (Å²) < 4.78 is 0. The van der Waals surface area contributed by atoms with Crippen molar-refractivity contribution >= 4 is 50.7 Å². The summed E-state index contributed by atoms with van der Waals surface area (Å²) in [6.45, 7) is 2.19. The van der Waals surface area contributed by atoms with E-state index in [1.54, 1.807) is 11.3 Å². The number of halogens is 1. The van der Waals surface area contributed by atoms with Crippen LogP contribution in [0.5, 0.6) is 0 Å². The SMILES string of the molecule is CSCC(C)N(C)c1nc(Cl)nc2sccc12. The molecule has 0 amide bonds. The van der Waals surface area contributed by atoms with Gasteiger partial charge < -0.3 is 4.90 Å². The molecule has 0 fully saturated rings. The normalized spacial score (nSPS) is 12.9. The number of thiophene rings is 1. The number of hydrogen-bond donors (Lipinski definition) is 0. The Morgan fingerprint density at radius 3 is 3.00 bits per heavy atom. The van der Waals surface area contributed by atoms with Gasteiger partial charge in [0.25, 0.3) is 0 Å². The monoisotopic (exact) mass is 287 g/mol. The lowest BCUT2D eigenvalue weighted by Crippen LogP contribution is -2.31. The van der Waals surface area contributed by atoms with Crippen LogP contribution in [0.4, 0.5) is 5.82 Å². The molecule has 2 rings (SSSR count). The quantitative estimate of drug-likeness (QED) is 0.805. The molecule has 0 aliphatic rings. The average molecular weight is 288 g/mol. The Bertz CT molecular complexity index is 514. The van der Waals surface area contributed by atoms with E-state index in [1.807, 2.05) is 23.2 Å². The minimum Gasteiger partial charge on any atom is -0.355 e. The van der Waals surface area contributed by atoms with Crippen molar-refractivity contribution in [2.75, 3.05) is 24.0 Å². The van der Waals surface area contributed by atoms with Gasteiger partial charge in [-0.3, -0.25) is 0 Å². The van der Waals surface area contributed by atoms with Crippen LogP contribution in [0, 0.1) is 0 Å². The molecule has 1 unspecified atom stereocenters. The highest BCUT2D eigenvalue weighted by Gasteiger charge is 2.16. The first kappa shape index (κ1) is 12.9. The van der Waals surface area contributed by atoms with E-state index in [0.717, 1.165) is 21.8 Å². The maximum atomic E-state index is 5.96. The molecule has 2 heterocycles. The van der Waals surface area contributed by atoms with Crippen LogP contribution in [-0.4, -0.2) is 35.1 Å². The molecule has 0 aliphatic carbocycles. The molecule has 0 radical (unpaired) electrons. The second kappa shape index (κ2) is 5.42. The number of nitrogens with zero attached hydrogens (tertiary/aromatic N) is 3. The van der Waals surface area contributed by atoms with Crippen molar-refractivity contribution in [1.82, 2.24) is 9.97 Å². The average Bonchev–Trinajstić information content (AvgIpc) is 2.75. The van der Waals surface area contributed by atoms with Gasteiger partial charge in [0, 0.05) is 18.8 Å². The zero-order chi connectivity index (χ0) is 12.4. The highest BCUT2D eigenvalue weighted by atomic mass is 35.5. The highest BCUT2D eigenvalue weighted by Crippen LogP contribution is 2.29. The maximum Gasteiger partial charge on any atom is 0.225 e. The molecule has 0 aromatic carbocycles. The number of rotatable bonds is 4. The van der Waals surface area contributed by atoms with Crippen LogP contribution in [0.15, 0.2) is 11.4 Å². The van der Waals surface area contributed by atoms with E-state index < -0.39 is 0 Å². The summed E-state index contributed by atoms with van der Waals surface area (Å²) in [7, 11) is 2.05. The van der Waals surface area contributed by atoms with Crippen molar-refractivity contribution in [3.05, 3.63) is 16.7 Å². The van der Waals surface area contributed by atoms with E-state index in [0.29, 0.717) is 11.3 Å². The van der Waals surface area contributed by atoms with Crippen LogP contribution in [0.3, 0.4) is 0 Å². The van der Waals surface area contributed by atoms with Crippen LogP contribution in [0.25, 0.3) is 10.2 Å². The molecular formula is C11H14ClN3S2. The zero-order valence-electron chi connectivity index (χ0n) is 9.98. The maximum absolute atomic E-state index is 5.96. The van der Waals surface area contributed by atoms with Crippen LogP contribution >= 0.6 is 34.7 Å². The fourth-order valence-electron chi connectivity index (χ4n) is 1.65. The lowest BCUT2D eigenvalue weighted by atomic mass is 10.3. The third kappa shape index (κ3) is 2.67. The largest absolute Gasteiger partial charge is 0.355 e. The first-order valence-corrected chi connectivity index (χ1v) is 7.91. The first-order chi connectivity index (χ1) is 8.13. The predicted molar refractivity (Wildman–Crippen MR) is 78.7 cm³/mol. The van der Waals surface area contributed by atoms with Crippen molar-refractivity contribution in [2.45, 2.75) is 13.0 Å². The summed E-state index contributed by atoms with van der Waals surface area (Å²) in [5, 5.41) is 3.42. The lowest BCUT2D eigenvalue weighted by Gasteiger charge is -2.25. The van der Waals surface area contributed by atoms with Crippen LogP contribution in [0.1, 0.15) is 6.92 Å². The molecule has 17 heavy (non-hydrogen) atoms. The molecule has 1 atom stereocenters. The molecule has 0 spiro atoms. The van der Waals surface area contributed by atoms with Gasteiger partial charge in [-0.05, 0) is 36.2 Å². The molecule has 6 heteroatoms. The van der Waals surface area contributed by atoms with Crippen LogP contribution in [0.2, 0.25) is 5.28 Å². The van der Waals surface area contributed by atoms with E-state index in [9.17, 15) is 0 Å². The fourth-order valence-corrected chi connectivity index (χ4v) is 3.32. The number of hydrogen-bond acceptors (Lipinski definition) is 5. The molecule has 0 saturated heterocycles. The Morgan fingerprint density at radius 1 is 1.53 bits per heavy atom. The standard InChI is InChI=1S/C11H14ClN3S2/c1-7(6-16-3)15(2)9-8-4-5-17-10(8)14-11(12)13-9/h4-5,7H,6H2,1-3H3. The summed E-state index contributed by atoms with van der Waals surface area (Å²) in [5.74, 6) is 1.98. The topological polar surface area (TPSA) is 29.0 Å². The molecular weight excluding hydrogens is 274 g/mol. The Balaban J connectivity index is 2.43. The molecule has 0 N–H and O–H groups in total. The fraction of sp³-hybridized carbons (Fsp3) is 0.455. The Hall–Kier alpha value is -0.520. The summed E-state index contributed by atoms with van der Waals surface area (Å²) in [5.41, 5.74) is 0. The molecule has 2 aromatic rings. The van der Waals surface area contributed by atoms with Crippen molar-refractivity contribution in [1.29, 1.82) is 0 Å². The van der Waals surface area contributed by atoms with Crippen molar-refractivity contribution in [3.8, 4) is 0 Å². The van der Waals surface area contributed by atoms with E-state index in [4.69, 9.17) is 11.6 Å². The van der Waals surface area contributed by atoms with Gasteiger partial charge in [0.2, 0.25) is 5.28 Å². The summed E-state index contributed by atoms with van der Waals surface area (Å²) in [6.07, 6.45) is 2.11. The number of aromatic nitrogens is 2. The second-order valence-electron chi connectivity index (χ2n) is 3.87. The second-order valence-corrected chi connectivity index (χ2v) is 6.01. The van der Waals surface area contributed by atoms with Crippen molar-refractivity contribution in [3.63, 3.8) is 0 Å². The number of thioether (sulfide) groups is 1. The van der Waals surface area contributed by atoms with E-state index in [-0.39, 0.29) is 0 Å². The lowest BCUT2D eigenvalue weighted by molar-refractivity contribution is 0.756. The summed E-state index contributed by atoms with van der Waals surface area (Å²) in [4.78, 5) is 11.7. The molecule has 92 valence electrons. The van der Waals surface area contributed by atoms with Gasteiger partial charge in [-0.1, -0.05) is 0 Å². The number of fused-ring (bicyclic) bond motifs is 1. The summed E-state index contributed by atoms with van der Waals surface area (Å²) in [6, 6.07) is 2.47. The minimum absolute atomic E-state index is 0.318. The highest BCUT2D eigenvalue weighted by molar-refractivity contribution is 7.98. The van der Waals surface area contributed by atoms with Gasteiger partial charge in [0.1, 0.15) is 10.6 Å². The summed E-state index contributed by atoms with van der Waals surface area (Å²) >= 11 is 9.38. The first-order valence-electron chi connectivity index (χ1n) is 5.26. The zero-order valence-corrected chi connectivity index (χ0v) is 12.4. The van der Waals surface area contributed by atoms with Gasteiger partial charge >= 0.3 is 0 Å². The van der Waals surface area contributed by atoms with Crippen molar-refractivity contribution in [2.24, 2.45) is 0 Å². The van der Waals surface area contributed by atoms with Gasteiger partial charge in [-0.2, -0.15) is 16.7 Å². The van der Waals surface area contributed by atoms with E-state index in [1.165, 1.54) is 0 Å². The van der Waals surface area contributed by atoms with Gasteiger partial charge in [-0.25, -0.2) is 4.98 Å². The third-order valence-corrected chi connectivity index (χ3v) is 4.47. The van der Waals surface area contributed by atoms with Crippen molar-refractivity contribution < 1.29 is 0 Å². The van der Waals surface area contributed by atoms with E-state index in [2.05, 4.69) is 35.1 Å². The van der Waals surface area contributed by atoms with Gasteiger partial charge in [-0.15, -0.1) is 11.3 Å². The molecule has 0 bridgehead atoms. The smallest absolute Gasteiger partial charge is 0.225 e. The molecule has 0 aliphatic heterocycles. The molecule has 2 aromatic heterocycles. The van der Waals surface area contributed by atoms with Crippen LogP contribution in [-0.2, 0) is 0 Å². The molecule has 0 saturated carbocycles. The third-order valence-electron chi connectivity index (χ3n) is 2.68. The molecule has 3 nitrogen and oxygen atoms in total. The Labute approximate surface area is 114 Å². The Morgan fingerprint density at radius 2 is 2.29 bits per heavy atom. The van der Waals surface area contributed by atoms with Crippen LogP contribution < -0.4 is 4.90 Å². The Kier molecular flexibility index (Phi) is 4.12. The van der Waals surface area contributed by atoms with E-state index >= 15 is 0 Å². The van der Waals surface area contributed by atoms with Gasteiger partial charge in [0.05, 0.1) is 5.39 Å². The predicted octanol–water partition coefficient (Wildman–Crippen LogP) is 3.53. The number of anilines is 1. The minimum atomic E-state index is 0.318. The van der Waals surface area contributed by atoms with Gasteiger partial charge in [0.15, 0.2) is 0 Å².